The van der Waals surface area contributed by atoms with E-state index in [0.29, 0.717) is 12.8 Å². The van der Waals surface area contributed by atoms with Crippen molar-refractivity contribution in [2.45, 2.75) is 70.5 Å². The minimum absolute atomic E-state index is 0.0891. The molecule has 3 rings (SSSR count). The van der Waals surface area contributed by atoms with E-state index in [-0.39, 0.29) is 42.6 Å². The van der Waals surface area contributed by atoms with Crippen molar-refractivity contribution in [3.05, 3.63) is 0 Å². The lowest BCUT2D eigenvalue weighted by atomic mass is 9.74. The molecular formula is C15H22O5. The van der Waals surface area contributed by atoms with Crippen LogP contribution in [0.4, 0.5) is 0 Å². The van der Waals surface area contributed by atoms with Crippen molar-refractivity contribution in [3.8, 4) is 0 Å². The van der Waals surface area contributed by atoms with E-state index in [4.69, 9.17) is 9.47 Å². The highest BCUT2D eigenvalue weighted by atomic mass is 16.6. The SMILES string of the molecule is CCCC(=O)CCC(=O)OC1(C)CC2CCC1OC2=O. The zero-order valence-corrected chi connectivity index (χ0v) is 12.1. The zero-order valence-electron chi connectivity index (χ0n) is 12.1. The van der Waals surface area contributed by atoms with E-state index in [0.717, 1.165) is 19.3 Å². The number of ether oxygens (including phenoxy) is 2. The maximum atomic E-state index is 11.9. The molecule has 3 atom stereocenters. The van der Waals surface area contributed by atoms with E-state index in [1.807, 2.05) is 13.8 Å². The molecule has 5 nitrogen and oxygen atoms in total. The fraction of sp³-hybridized carbons (Fsp3) is 0.800. The first-order chi connectivity index (χ1) is 9.44. The average Bonchev–Trinajstić information content (AvgIpc) is 2.38. The van der Waals surface area contributed by atoms with Gasteiger partial charge in [0.2, 0.25) is 0 Å². The van der Waals surface area contributed by atoms with Crippen molar-refractivity contribution in [2.24, 2.45) is 5.92 Å². The van der Waals surface area contributed by atoms with Gasteiger partial charge in [-0.05, 0) is 26.2 Å². The summed E-state index contributed by atoms with van der Waals surface area (Å²) in [5.41, 5.74) is -0.721. The molecule has 0 aromatic heterocycles. The van der Waals surface area contributed by atoms with Crippen LogP contribution in [0.1, 0.15) is 58.8 Å². The second-order valence-electron chi connectivity index (χ2n) is 5.98. The van der Waals surface area contributed by atoms with Crippen molar-refractivity contribution >= 4 is 17.7 Å². The predicted octanol–water partition coefficient (Wildman–Crippen LogP) is 2.16. The van der Waals surface area contributed by atoms with Crippen molar-refractivity contribution in [3.63, 3.8) is 0 Å². The second kappa shape index (κ2) is 5.94. The van der Waals surface area contributed by atoms with Gasteiger partial charge in [-0.15, -0.1) is 0 Å². The summed E-state index contributed by atoms with van der Waals surface area (Å²) in [7, 11) is 0. The normalized spacial score (nSPS) is 31.8. The van der Waals surface area contributed by atoms with Crippen LogP contribution < -0.4 is 0 Å². The Balaban J connectivity index is 1.85. The number of hydrogen-bond donors (Lipinski definition) is 0. The molecule has 1 aliphatic carbocycles. The molecule has 0 spiro atoms. The van der Waals surface area contributed by atoms with E-state index < -0.39 is 5.60 Å². The molecule has 2 bridgehead atoms. The maximum Gasteiger partial charge on any atom is 0.309 e. The predicted molar refractivity (Wildman–Crippen MR) is 70.9 cm³/mol. The molecule has 3 unspecified atom stereocenters. The topological polar surface area (TPSA) is 69.7 Å². The molecule has 0 aromatic carbocycles. The smallest absolute Gasteiger partial charge is 0.309 e. The van der Waals surface area contributed by atoms with Crippen molar-refractivity contribution < 1.29 is 23.9 Å². The lowest BCUT2D eigenvalue weighted by Crippen LogP contribution is -2.56. The molecule has 0 radical (unpaired) electrons. The Morgan fingerprint density at radius 1 is 1.30 bits per heavy atom. The molecule has 2 aliphatic heterocycles. The molecule has 20 heavy (non-hydrogen) atoms. The summed E-state index contributed by atoms with van der Waals surface area (Å²) >= 11 is 0. The largest absolute Gasteiger partial charge is 0.458 e. The van der Waals surface area contributed by atoms with Crippen molar-refractivity contribution in [1.82, 2.24) is 0 Å². The van der Waals surface area contributed by atoms with Gasteiger partial charge in [-0.2, -0.15) is 0 Å². The number of Topliss-reactive ketones (excluding diaryl/α,β-unsaturated/α-hetero) is 1. The molecule has 3 fully saturated rings. The van der Waals surface area contributed by atoms with Crippen LogP contribution in [0.15, 0.2) is 0 Å². The van der Waals surface area contributed by atoms with Crippen LogP contribution in [-0.4, -0.2) is 29.4 Å². The van der Waals surface area contributed by atoms with Gasteiger partial charge in [-0.1, -0.05) is 6.92 Å². The van der Waals surface area contributed by atoms with Crippen LogP contribution in [0, 0.1) is 5.92 Å². The monoisotopic (exact) mass is 282 g/mol. The summed E-state index contributed by atoms with van der Waals surface area (Å²) < 4.78 is 10.8. The van der Waals surface area contributed by atoms with Crippen molar-refractivity contribution in [2.75, 3.05) is 0 Å². The van der Waals surface area contributed by atoms with Gasteiger partial charge in [-0.3, -0.25) is 14.4 Å². The van der Waals surface area contributed by atoms with Gasteiger partial charge in [0.15, 0.2) is 0 Å². The van der Waals surface area contributed by atoms with Crippen LogP contribution in [0.3, 0.4) is 0 Å². The molecule has 2 heterocycles. The summed E-state index contributed by atoms with van der Waals surface area (Å²) in [6, 6.07) is 0. The number of hydrogen-bond acceptors (Lipinski definition) is 5. The van der Waals surface area contributed by atoms with E-state index in [9.17, 15) is 14.4 Å². The highest BCUT2D eigenvalue weighted by Crippen LogP contribution is 2.42. The van der Waals surface area contributed by atoms with Gasteiger partial charge in [-0.25, -0.2) is 0 Å². The van der Waals surface area contributed by atoms with Gasteiger partial charge >= 0.3 is 11.9 Å². The molecular weight excluding hydrogens is 260 g/mol. The van der Waals surface area contributed by atoms with E-state index in [2.05, 4.69) is 0 Å². The standard InChI is InChI=1S/C15H22O5/c1-3-4-11(16)6-8-13(17)20-15(2)9-10-5-7-12(15)19-14(10)18/h10,12H,3-9H2,1-2H3. The first kappa shape index (κ1) is 15.0. The van der Waals surface area contributed by atoms with Gasteiger partial charge in [0.1, 0.15) is 17.5 Å². The Kier molecular flexibility index (Phi) is 4.45. The Hall–Kier alpha value is -1.39. The quantitative estimate of drug-likeness (QED) is 0.698. The van der Waals surface area contributed by atoms with Crippen LogP contribution in [-0.2, 0) is 23.9 Å². The summed E-state index contributed by atoms with van der Waals surface area (Å²) in [5, 5.41) is 0. The fourth-order valence-electron chi connectivity index (χ4n) is 3.07. The van der Waals surface area contributed by atoms with Crippen molar-refractivity contribution in [1.29, 1.82) is 0 Å². The molecule has 2 saturated heterocycles. The van der Waals surface area contributed by atoms with Crippen LogP contribution in [0.5, 0.6) is 0 Å². The first-order valence-corrected chi connectivity index (χ1v) is 7.38. The van der Waals surface area contributed by atoms with E-state index in [1.165, 1.54) is 0 Å². The third kappa shape index (κ3) is 3.19. The lowest BCUT2D eigenvalue weighted by Gasteiger charge is -2.47. The van der Waals surface area contributed by atoms with Gasteiger partial charge in [0.05, 0.1) is 12.3 Å². The van der Waals surface area contributed by atoms with Crippen LogP contribution >= 0.6 is 0 Å². The summed E-state index contributed by atoms with van der Waals surface area (Å²) in [6.45, 7) is 3.76. The number of ketones is 1. The third-order valence-corrected chi connectivity index (χ3v) is 4.19. The molecule has 0 aromatic rings. The number of fused-ring (bicyclic) bond motifs is 3. The minimum Gasteiger partial charge on any atom is -0.458 e. The molecule has 0 N–H and O–H groups in total. The molecule has 5 heteroatoms. The molecule has 3 aliphatic rings. The maximum absolute atomic E-state index is 11.9. The summed E-state index contributed by atoms with van der Waals surface area (Å²) in [4.78, 5) is 34.8. The summed E-state index contributed by atoms with van der Waals surface area (Å²) in [6.07, 6.45) is 3.40. The number of carbonyl (C=O) groups is 3. The van der Waals surface area contributed by atoms with Gasteiger partial charge in [0, 0.05) is 19.3 Å². The number of esters is 2. The van der Waals surface area contributed by atoms with E-state index in [1.54, 1.807) is 0 Å². The molecule has 0 amide bonds. The average molecular weight is 282 g/mol. The highest BCUT2D eigenvalue weighted by molar-refractivity contribution is 5.83. The second-order valence-corrected chi connectivity index (χ2v) is 5.98. The van der Waals surface area contributed by atoms with Crippen LogP contribution in [0.25, 0.3) is 0 Å². The Morgan fingerprint density at radius 2 is 2.05 bits per heavy atom. The fourth-order valence-corrected chi connectivity index (χ4v) is 3.07. The van der Waals surface area contributed by atoms with Gasteiger partial charge < -0.3 is 9.47 Å². The Bertz CT molecular complexity index is 416. The Morgan fingerprint density at radius 3 is 2.60 bits per heavy atom. The lowest BCUT2D eigenvalue weighted by molar-refractivity contribution is -0.216. The number of rotatable bonds is 6. The minimum atomic E-state index is -0.721. The third-order valence-electron chi connectivity index (χ3n) is 4.19. The van der Waals surface area contributed by atoms with Crippen LogP contribution in [0.2, 0.25) is 0 Å². The van der Waals surface area contributed by atoms with E-state index >= 15 is 0 Å². The zero-order chi connectivity index (χ0) is 14.8. The molecule has 1 saturated carbocycles. The highest BCUT2D eigenvalue weighted by Gasteiger charge is 2.52. The first-order valence-electron chi connectivity index (χ1n) is 7.38. The molecule has 112 valence electrons. The number of carbonyl (C=O) groups excluding carboxylic acids is 3. The van der Waals surface area contributed by atoms with Gasteiger partial charge in [0.25, 0.3) is 0 Å². The summed E-state index contributed by atoms with van der Waals surface area (Å²) in [5.74, 6) is -0.612. The Labute approximate surface area is 119 Å².